The molecule has 0 heterocycles. The fraction of sp³-hybridized carbons (Fsp3) is 0.571. The van der Waals surface area contributed by atoms with E-state index in [0.29, 0.717) is 0 Å². The molecular weight excluding hydrogens is 327 g/mol. The third-order valence-corrected chi connectivity index (χ3v) is 4.04. The summed E-state index contributed by atoms with van der Waals surface area (Å²) in [6.45, 7) is 6.31. The minimum atomic E-state index is 1.01. The molecule has 0 fully saturated rings. The third-order valence-electron chi connectivity index (χ3n) is 3.28. The van der Waals surface area contributed by atoms with Gasteiger partial charge in [-0.3, -0.25) is 0 Å². The van der Waals surface area contributed by atoms with Crippen LogP contribution >= 0.6 is 22.6 Å². The first-order valence-electron chi connectivity index (χ1n) is 5.85. The quantitative estimate of drug-likeness (QED) is 0.592. The molecular formula is C14H21IO2. The predicted molar refractivity (Wildman–Crippen MR) is 81.0 cm³/mol. The Balaban J connectivity index is 3.38. The van der Waals surface area contributed by atoms with Crippen molar-refractivity contribution in [1.29, 1.82) is 0 Å². The van der Waals surface area contributed by atoms with Crippen LogP contribution in [-0.2, 0) is 6.42 Å². The van der Waals surface area contributed by atoms with Gasteiger partial charge in [0.1, 0.15) is 11.5 Å². The number of methoxy groups -OCH3 is 2. The van der Waals surface area contributed by atoms with Crippen molar-refractivity contribution < 1.29 is 9.47 Å². The molecule has 0 bridgehead atoms. The molecule has 17 heavy (non-hydrogen) atoms. The molecule has 0 saturated heterocycles. The highest BCUT2D eigenvalue weighted by Crippen LogP contribution is 2.38. The number of hydrogen-bond donors (Lipinski definition) is 0. The molecule has 1 rings (SSSR count). The Bertz CT molecular complexity index is 400. The lowest BCUT2D eigenvalue weighted by Crippen LogP contribution is -2.04. The number of alkyl halides is 1. The van der Waals surface area contributed by atoms with Crippen molar-refractivity contribution in [2.75, 3.05) is 18.6 Å². The molecule has 0 atom stereocenters. The van der Waals surface area contributed by atoms with Gasteiger partial charge >= 0.3 is 0 Å². The van der Waals surface area contributed by atoms with Crippen LogP contribution in [0.1, 0.15) is 28.7 Å². The molecule has 0 aliphatic carbocycles. The normalized spacial score (nSPS) is 10.5. The van der Waals surface area contributed by atoms with Gasteiger partial charge in [0.25, 0.3) is 0 Å². The van der Waals surface area contributed by atoms with E-state index in [2.05, 4.69) is 43.4 Å². The molecule has 0 N–H and O–H groups in total. The fourth-order valence-corrected chi connectivity index (χ4v) is 2.66. The Morgan fingerprint density at radius 1 is 0.882 bits per heavy atom. The second-order valence-corrected chi connectivity index (χ2v) is 5.29. The highest BCUT2D eigenvalue weighted by atomic mass is 127. The summed E-state index contributed by atoms with van der Waals surface area (Å²) in [5, 5.41) is 0. The van der Waals surface area contributed by atoms with Crippen LogP contribution in [0, 0.1) is 20.8 Å². The Morgan fingerprint density at radius 2 is 1.41 bits per heavy atom. The van der Waals surface area contributed by atoms with Gasteiger partial charge in [0.15, 0.2) is 0 Å². The average Bonchev–Trinajstić information content (AvgIpc) is 2.33. The standard InChI is InChI=1S/C14H21IO2/c1-9-10(2)14(17-5)12(7-6-8-15)11(3)13(9)16-4/h6-8H2,1-5H3. The molecule has 0 amide bonds. The third kappa shape index (κ3) is 2.87. The van der Waals surface area contributed by atoms with Crippen molar-refractivity contribution in [3.8, 4) is 11.5 Å². The van der Waals surface area contributed by atoms with Crippen LogP contribution in [0.4, 0.5) is 0 Å². The fourth-order valence-electron chi connectivity index (χ4n) is 2.28. The predicted octanol–water partition coefficient (Wildman–Crippen LogP) is 4.00. The monoisotopic (exact) mass is 348 g/mol. The molecule has 0 spiro atoms. The Labute approximate surface area is 118 Å². The summed E-state index contributed by atoms with van der Waals surface area (Å²) in [5.74, 6) is 2.04. The Kier molecular flexibility index (Phi) is 5.56. The Hall–Kier alpha value is -0.450. The van der Waals surface area contributed by atoms with Crippen LogP contribution in [0.15, 0.2) is 0 Å². The molecule has 2 nitrogen and oxygen atoms in total. The van der Waals surface area contributed by atoms with Crippen molar-refractivity contribution in [3.05, 3.63) is 22.3 Å². The molecule has 1 aromatic carbocycles. The summed E-state index contributed by atoms with van der Waals surface area (Å²) in [7, 11) is 3.49. The number of ether oxygens (including phenoxy) is 2. The molecule has 0 aromatic heterocycles. The molecule has 1 aromatic rings. The molecule has 96 valence electrons. The molecule has 0 aliphatic heterocycles. The second kappa shape index (κ2) is 6.47. The average molecular weight is 348 g/mol. The highest BCUT2D eigenvalue weighted by molar-refractivity contribution is 14.1. The zero-order valence-corrected chi connectivity index (χ0v) is 13.5. The van der Waals surface area contributed by atoms with Crippen LogP contribution in [0.5, 0.6) is 11.5 Å². The second-order valence-electron chi connectivity index (χ2n) is 4.21. The highest BCUT2D eigenvalue weighted by Gasteiger charge is 2.17. The lowest BCUT2D eigenvalue weighted by Gasteiger charge is -2.20. The van der Waals surface area contributed by atoms with Gasteiger partial charge in [0, 0.05) is 5.56 Å². The Morgan fingerprint density at radius 3 is 1.88 bits per heavy atom. The first-order chi connectivity index (χ1) is 8.08. The summed E-state index contributed by atoms with van der Waals surface area (Å²) in [4.78, 5) is 0. The largest absolute Gasteiger partial charge is 0.496 e. The lowest BCUT2D eigenvalue weighted by molar-refractivity contribution is 0.390. The van der Waals surface area contributed by atoms with E-state index in [1.165, 1.54) is 28.7 Å². The van der Waals surface area contributed by atoms with E-state index in [0.717, 1.165) is 22.3 Å². The maximum atomic E-state index is 5.58. The number of benzene rings is 1. The summed E-state index contributed by atoms with van der Waals surface area (Å²) in [6, 6.07) is 0. The number of hydrogen-bond acceptors (Lipinski definition) is 2. The van der Waals surface area contributed by atoms with Crippen LogP contribution in [0.2, 0.25) is 0 Å². The lowest BCUT2D eigenvalue weighted by atomic mass is 9.95. The van der Waals surface area contributed by atoms with E-state index in [1.807, 2.05) is 0 Å². The van der Waals surface area contributed by atoms with E-state index in [9.17, 15) is 0 Å². The van der Waals surface area contributed by atoms with Gasteiger partial charge in [-0.2, -0.15) is 0 Å². The first kappa shape index (κ1) is 14.6. The minimum absolute atomic E-state index is 1.01. The van der Waals surface area contributed by atoms with Gasteiger partial charge in [-0.05, 0) is 54.7 Å². The van der Waals surface area contributed by atoms with Crippen LogP contribution in [0.3, 0.4) is 0 Å². The van der Waals surface area contributed by atoms with Crippen molar-refractivity contribution in [1.82, 2.24) is 0 Å². The van der Waals surface area contributed by atoms with Gasteiger partial charge in [0.05, 0.1) is 14.2 Å². The van der Waals surface area contributed by atoms with Crippen molar-refractivity contribution in [2.45, 2.75) is 33.6 Å². The van der Waals surface area contributed by atoms with Gasteiger partial charge in [-0.1, -0.05) is 22.6 Å². The topological polar surface area (TPSA) is 18.5 Å². The maximum Gasteiger partial charge on any atom is 0.125 e. The van der Waals surface area contributed by atoms with Crippen molar-refractivity contribution >= 4 is 22.6 Å². The molecule has 0 saturated carbocycles. The zero-order chi connectivity index (χ0) is 13.0. The van der Waals surface area contributed by atoms with E-state index in [1.54, 1.807) is 14.2 Å². The first-order valence-corrected chi connectivity index (χ1v) is 7.37. The minimum Gasteiger partial charge on any atom is -0.496 e. The summed E-state index contributed by atoms with van der Waals surface area (Å²) in [6.07, 6.45) is 2.22. The van der Waals surface area contributed by atoms with Gasteiger partial charge in [0.2, 0.25) is 0 Å². The van der Waals surface area contributed by atoms with Crippen molar-refractivity contribution in [2.24, 2.45) is 0 Å². The van der Waals surface area contributed by atoms with E-state index in [4.69, 9.17) is 9.47 Å². The van der Waals surface area contributed by atoms with Crippen LogP contribution in [-0.4, -0.2) is 18.6 Å². The SMILES string of the molecule is COc1c(C)c(C)c(OC)c(CCCI)c1C. The summed E-state index contributed by atoms with van der Waals surface area (Å²) in [5.41, 5.74) is 4.89. The van der Waals surface area contributed by atoms with E-state index in [-0.39, 0.29) is 0 Å². The maximum absolute atomic E-state index is 5.58. The molecule has 3 heteroatoms. The molecule has 0 unspecified atom stereocenters. The summed E-state index contributed by atoms with van der Waals surface area (Å²) < 4.78 is 12.3. The van der Waals surface area contributed by atoms with Gasteiger partial charge < -0.3 is 9.47 Å². The van der Waals surface area contributed by atoms with Crippen LogP contribution in [0.25, 0.3) is 0 Å². The number of halogens is 1. The smallest absolute Gasteiger partial charge is 0.125 e. The van der Waals surface area contributed by atoms with Crippen molar-refractivity contribution in [3.63, 3.8) is 0 Å². The van der Waals surface area contributed by atoms with Gasteiger partial charge in [-0.15, -0.1) is 0 Å². The van der Waals surface area contributed by atoms with E-state index >= 15 is 0 Å². The molecule has 0 radical (unpaired) electrons. The molecule has 0 aliphatic rings. The van der Waals surface area contributed by atoms with Gasteiger partial charge in [-0.25, -0.2) is 0 Å². The number of rotatable bonds is 5. The summed E-state index contributed by atoms with van der Waals surface area (Å²) >= 11 is 2.41. The zero-order valence-electron chi connectivity index (χ0n) is 11.3. The van der Waals surface area contributed by atoms with E-state index < -0.39 is 0 Å². The van der Waals surface area contributed by atoms with Crippen LogP contribution < -0.4 is 9.47 Å².